The number of morpholine rings is 1. The summed E-state index contributed by atoms with van der Waals surface area (Å²) in [5.41, 5.74) is 0.601. The minimum Gasteiger partial charge on any atom is -0.375 e. The van der Waals surface area contributed by atoms with Crippen LogP contribution in [0.3, 0.4) is 0 Å². The maximum absolute atomic E-state index is 11.4. The average Bonchev–Trinajstić information content (AvgIpc) is 2.03. The van der Waals surface area contributed by atoms with Crippen LogP contribution in [-0.4, -0.2) is 36.6 Å². The standard InChI is InChI=1S/C9H15NO2/c1-7(2)9(11)10-4-5-12-8(3)6-10/h8H,1,4-6H2,2-3H3. The quantitative estimate of drug-likeness (QED) is 0.544. The Morgan fingerprint density at radius 2 is 2.33 bits per heavy atom. The molecule has 1 heterocycles. The van der Waals surface area contributed by atoms with Crippen LogP contribution in [0.15, 0.2) is 12.2 Å². The molecule has 12 heavy (non-hydrogen) atoms. The van der Waals surface area contributed by atoms with E-state index in [-0.39, 0.29) is 12.0 Å². The monoisotopic (exact) mass is 169 g/mol. The van der Waals surface area contributed by atoms with Gasteiger partial charge in [0.25, 0.3) is 0 Å². The molecule has 1 fully saturated rings. The molecule has 0 aromatic rings. The second-order valence-corrected chi connectivity index (χ2v) is 3.21. The lowest BCUT2D eigenvalue weighted by Gasteiger charge is -2.31. The van der Waals surface area contributed by atoms with Crippen molar-refractivity contribution in [3.05, 3.63) is 12.2 Å². The molecular weight excluding hydrogens is 154 g/mol. The lowest BCUT2D eigenvalue weighted by Crippen LogP contribution is -2.44. The smallest absolute Gasteiger partial charge is 0.249 e. The first kappa shape index (κ1) is 9.26. The molecule has 3 heteroatoms. The summed E-state index contributed by atoms with van der Waals surface area (Å²) in [5.74, 6) is 0.0464. The topological polar surface area (TPSA) is 29.5 Å². The van der Waals surface area contributed by atoms with Gasteiger partial charge in [0, 0.05) is 18.7 Å². The first-order valence-corrected chi connectivity index (χ1v) is 4.17. The van der Waals surface area contributed by atoms with E-state index < -0.39 is 0 Å². The van der Waals surface area contributed by atoms with Gasteiger partial charge in [-0.2, -0.15) is 0 Å². The SMILES string of the molecule is C=C(C)C(=O)N1CCOC(C)C1. The maximum atomic E-state index is 11.4. The molecule has 1 unspecified atom stereocenters. The highest BCUT2D eigenvalue weighted by Crippen LogP contribution is 2.07. The fourth-order valence-electron chi connectivity index (χ4n) is 1.27. The summed E-state index contributed by atoms with van der Waals surface area (Å²) < 4.78 is 5.31. The molecule has 0 bridgehead atoms. The van der Waals surface area contributed by atoms with Gasteiger partial charge in [-0.05, 0) is 13.8 Å². The van der Waals surface area contributed by atoms with Gasteiger partial charge in [0.2, 0.25) is 5.91 Å². The van der Waals surface area contributed by atoms with E-state index in [0.717, 1.165) is 0 Å². The molecule has 1 aliphatic rings. The third-order valence-corrected chi connectivity index (χ3v) is 1.89. The number of rotatable bonds is 1. The van der Waals surface area contributed by atoms with Crippen LogP contribution in [-0.2, 0) is 9.53 Å². The van der Waals surface area contributed by atoms with E-state index in [2.05, 4.69) is 6.58 Å². The molecule has 0 aromatic carbocycles. The van der Waals surface area contributed by atoms with Gasteiger partial charge in [-0.3, -0.25) is 4.79 Å². The minimum absolute atomic E-state index is 0.0464. The van der Waals surface area contributed by atoms with Gasteiger partial charge < -0.3 is 9.64 Å². The molecule has 1 saturated heterocycles. The van der Waals surface area contributed by atoms with Gasteiger partial charge in [-0.25, -0.2) is 0 Å². The molecule has 1 rings (SSSR count). The molecule has 0 saturated carbocycles. The van der Waals surface area contributed by atoms with E-state index in [1.165, 1.54) is 0 Å². The molecule has 1 amide bonds. The molecule has 0 spiro atoms. The van der Waals surface area contributed by atoms with Gasteiger partial charge in [0.1, 0.15) is 0 Å². The third kappa shape index (κ3) is 2.08. The van der Waals surface area contributed by atoms with Gasteiger partial charge in [-0.15, -0.1) is 0 Å². The van der Waals surface area contributed by atoms with E-state index in [1.54, 1.807) is 11.8 Å². The molecule has 1 aliphatic heterocycles. The van der Waals surface area contributed by atoms with Crippen molar-refractivity contribution in [3.63, 3.8) is 0 Å². The van der Waals surface area contributed by atoms with E-state index in [0.29, 0.717) is 25.3 Å². The Hall–Kier alpha value is -0.830. The van der Waals surface area contributed by atoms with Gasteiger partial charge in [0.05, 0.1) is 12.7 Å². The van der Waals surface area contributed by atoms with Crippen molar-refractivity contribution in [1.82, 2.24) is 4.90 Å². The maximum Gasteiger partial charge on any atom is 0.249 e. The van der Waals surface area contributed by atoms with Crippen molar-refractivity contribution in [2.24, 2.45) is 0 Å². The predicted molar refractivity (Wildman–Crippen MR) is 46.8 cm³/mol. The van der Waals surface area contributed by atoms with Gasteiger partial charge >= 0.3 is 0 Å². The summed E-state index contributed by atoms with van der Waals surface area (Å²) in [5, 5.41) is 0. The second kappa shape index (κ2) is 3.72. The Bertz CT molecular complexity index is 201. The lowest BCUT2D eigenvalue weighted by atomic mass is 10.2. The van der Waals surface area contributed by atoms with Crippen LogP contribution in [0, 0.1) is 0 Å². The number of nitrogens with zero attached hydrogens (tertiary/aromatic N) is 1. The first-order valence-electron chi connectivity index (χ1n) is 4.17. The minimum atomic E-state index is 0.0464. The Morgan fingerprint density at radius 1 is 1.67 bits per heavy atom. The molecule has 0 radical (unpaired) electrons. The number of ether oxygens (including phenoxy) is 1. The van der Waals surface area contributed by atoms with Crippen molar-refractivity contribution in [1.29, 1.82) is 0 Å². The highest BCUT2D eigenvalue weighted by Gasteiger charge is 2.21. The van der Waals surface area contributed by atoms with Crippen molar-refractivity contribution in [3.8, 4) is 0 Å². The zero-order chi connectivity index (χ0) is 9.14. The van der Waals surface area contributed by atoms with Crippen LogP contribution in [0.5, 0.6) is 0 Å². The van der Waals surface area contributed by atoms with Crippen LogP contribution in [0.1, 0.15) is 13.8 Å². The molecule has 1 atom stereocenters. The van der Waals surface area contributed by atoms with Crippen molar-refractivity contribution >= 4 is 5.91 Å². The van der Waals surface area contributed by atoms with Gasteiger partial charge in [0.15, 0.2) is 0 Å². The van der Waals surface area contributed by atoms with Crippen molar-refractivity contribution < 1.29 is 9.53 Å². The van der Waals surface area contributed by atoms with Crippen molar-refractivity contribution in [2.75, 3.05) is 19.7 Å². The van der Waals surface area contributed by atoms with E-state index >= 15 is 0 Å². The summed E-state index contributed by atoms with van der Waals surface area (Å²) in [6, 6.07) is 0. The van der Waals surface area contributed by atoms with Crippen LogP contribution >= 0.6 is 0 Å². The van der Waals surface area contributed by atoms with E-state index in [4.69, 9.17) is 4.74 Å². The molecule has 0 aliphatic carbocycles. The zero-order valence-corrected chi connectivity index (χ0v) is 7.67. The van der Waals surface area contributed by atoms with E-state index in [9.17, 15) is 4.79 Å². The third-order valence-electron chi connectivity index (χ3n) is 1.89. The van der Waals surface area contributed by atoms with E-state index in [1.807, 2.05) is 6.92 Å². The Balaban J connectivity index is 2.51. The number of hydrogen-bond donors (Lipinski definition) is 0. The number of hydrogen-bond acceptors (Lipinski definition) is 2. The van der Waals surface area contributed by atoms with Crippen LogP contribution in [0.25, 0.3) is 0 Å². The molecular formula is C9H15NO2. The normalized spacial score (nSPS) is 23.8. The van der Waals surface area contributed by atoms with Crippen LogP contribution in [0.2, 0.25) is 0 Å². The molecule has 68 valence electrons. The summed E-state index contributed by atoms with van der Waals surface area (Å²) in [6.45, 7) is 9.35. The van der Waals surface area contributed by atoms with Crippen LogP contribution < -0.4 is 0 Å². The number of carbonyl (C=O) groups excluding carboxylic acids is 1. The highest BCUT2D eigenvalue weighted by atomic mass is 16.5. The molecule has 0 N–H and O–H groups in total. The summed E-state index contributed by atoms with van der Waals surface area (Å²) in [7, 11) is 0. The summed E-state index contributed by atoms with van der Waals surface area (Å²) in [6.07, 6.45) is 0.155. The number of amides is 1. The van der Waals surface area contributed by atoms with Crippen molar-refractivity contribution in [2.45, 2.75) is 20.0 Å². The van der Waals surface area contributed by atoms with Crippen LogP contribution in [0.4, 0.5) is 0 Å². The zero-order valence-electron chi connectivity index (χ0n) is 7.67. The second-order valence-electron chi connectivity index (χ2n) is 3.21. The Labute approximate surface area is 73.0 Å². The first-order chi connectivity index (χ1) is 5.61. The Morgan fingerprint density at radius 3 is 2.83 bits per heavy atom. The number of carbonyl (C=O) groups is 1. The summed E-state index contributed by atoms with van der Waals surface area (Å²) in [4.78, 5) is 13.2. The fourth-order valence-corrected chi connectivity index (χ4v) is 1.27. The molecule has 3 nitrogen and oxygen atoms in total. The largest absolute Gasteiger partial charge is 0.375 e. The highest BCUT2D eigenvalue weighted by molar-refractivity contribution is 5.92. The predicted octanol–water partition coefficient (Wildman–Crippen LogP) is 0.810. The molecule has 0 aromatic heterocycles. The Kier molecular flexibility index (Phi) is 2.87. The fraction of sp³-hybridized carbons (Fsp3) is 0.667. The lowest BCUT2D eigenvalue weighted by molar-refractivity contribution is -0.133. The average molecular weight is 169 g/mol. The summed E-state index contributed by atoms with van der Waals surface area (Å²) >= 11 is 0. The van der Waals surface area contributed by atoms with Gasteiger partial charge in [-0.1, -0.05) is 6.58 Å².